The molecule has 0 bridgehead atoms. The van der Waals surface area contributed by atoms with E-state index in [2.05, 4.69) is 26.7 Å². The lowest BCUT2D eigenvalue weighted by Crippen LogP contribution is -2.40. The molecule has 0 atom stereocenters. The Morgan fingerprint density at radius 2 is 1.76 bits per heavy atom. The zero-order valence-corrected chi connectivity index (χ0v) is 19.1. The first-order valence-electron chi connectivity index (χ1n) is 8.98. The van der Waals surface area contributed by atoms with Crippen molar-refractivity contribution in [3.8, 4) is 0 Å². The number of benzene rings is 2. The van der Waals surface area contributed by atoms with E-state index in [0.29, 0.717) is 12.5 Å². The topological polar surface area (TPSA) is 86.3 Å². The van der Waals surface area contributed by atoms with Crippen molar-refractivity contribution in [3.05, 3.63) is 66.1 Å². The van der Waals surface area contributed by atoms with Gasteiger partial charge in [0.1, 0.15) is 10.7 Å². The largest absolute Gasteiger partial charge is 0.361 e. The molecule has 0 saturated carbocycles. The van der Waals surface area contributed by atoms with Crippen molar-refractivity contribution in [2.75, 3.05) is 25.9 Å². The number of H-pyrrole nitrogens is 1. The van der Waals surface area contributed by atoms with E-state index in [1.165, 1.54) is 29.1 Å². The normalized spacial score (nSPS) is 11.9. The van der Waals surface area contributed by atoms with Crippen LogP contribution in [0.5, 0.6) is 0 Å². The SMILES string of the molecule is CN=C(NCCc1c[nH]c2ccccc12)NCCS(=O)(=O)c1ccccc1F.I. The minimum absolute atomic E-state index is 0. The highest BCUT2D eigenvalue weighted by Crippen LogP contribution is 2.17. The first-order valence-corrected chi connectivity index (χ1v) is 10.6. The Morgan fingerprint density at radius 1 is 1.07 bits per heavy atom. The van der Waals surface area contributed by atoms with Crippen LogP contribution >= 0.6 is 24.0 Å². The van der Waals surface area contributed by atoms with Gasteiger partial charge < -0.3 is 15.6 Å². The highest BCUT2D eigenvalue weighted by atomic mass is 127. The number of guanidine groups is 1. The van der Waals surface area contributed by atoms with Gasteiger partial charge in [-0.1, -0.05) is 30.3 Å². The number of aliphatic imine (C=N–C) groups is 1. The maximum atomic E-state index is 13.7. The van der Waals surface area contributed by atoms with Crippen molar-refractivity contribution in [1.82, 2.24) is 15.6 Å². The van der Waals surface area contributed by atoms with E-state index in [4.69, 9.17) is 0 Å². The van der Waals surface area contributed by atoms with Crippen LogP contribution in [-0.2, 0) is 16.3 Å². The van der Waals surface area contributed by atoms with Crippen molar-refractivity contribution in [2.45, 2.75) is 11.3 Å². The molecule has 29 heavy (non-hydrogen) atoms. The number of nitrogens with one attached hydrogen (secondary N) is 3. The number of hydrogen-bond acceptors (Lipinski definition) is 3. The van der Waals surface area contributed by atoms with Gasteiger partial charge in [-0.2, -0.15) is 0 Å². The van der Waals surface area contributed by atoms with Gasteiger partial charge in [0.05, 0.1) is 5.75 Å². The molecule has 3 aromatic rings. The molecule has 3 rings (SSSR count). The van der Waals surface area contributed by atoms with Gasteiger partial charge in [-0.25, -0.2) is 12.8 Å². The summed E-state index contributed by atoms with van der Waals surface area (Å²) in [5, 5.41) is 7.31. The molecule has 0 aliphatic carbocycles. The predicted molar refractivity (Wildman–Crippen MR) is 125 cm³/mol. The van der Waals surface area contributed by atoms with Crippen LogP contribution in [-0.4, -0.2) is 45.3 Å². The monoisotopic (exact) mass is 530 g/mol. The highest BCUT2D eigenvalue weighted by molar-refractivity contribution is 14.0. The van der Waals surface area contributed by atoms with Crippen molar-refractivity contribution in [1.29, 1.82) is 0 Å². The summed E-state index contributed by atoms with van der Waals surface area (Å²) in [6.07, 6.45) is 2.78. The number of fused-ring (bicyclic) bond motifs is 1. The van der Waals surface area contributed by atoms with Gasteiger partial charge in [0.25, 0.3) is 0 Å². The molecule has 3 N–H and O–H groups in total. The smallest absolute Gasteiger partial charge is 0.191 e. The Kier molecular flexibility index (Phi) is 8.45. The average molecular weight is 530 g/mol. The molecule has 0 spiro atoms. The van der Waals surface area contributed by atoms with E-state index in [1.54, 1.807) is 7.05 Å². The third-order valence-electron chi connectivity index (χ3n) is 4.42. The molecule has 0 saturated heterocycles. The van der Waals surface area contributed by atoms with E-state index in [9.17, 15) is 12.8 Å². The average Bonchev–Trinajstić information content (AvgIpc) is 3.10. The Morgan fingerprint density at radius 3 is 2.52 bits per heavy atom. The first kappa shape index (κ1) is 23.1. The molecule has 6 nitrogen and oxygen atoms in total. The molecular weight excluding hydrogens is 506 g/mol. The lowest BCUT2D eigenvalue weighted by molar-refractivity contribution is 0.566. The third kappa shape index (κ3) is 5.92. The van der Waals surface area contributed by atoms with Crippen LogP contribution in [0.25, 0.3) is 10.9 Å². The maximum absolute atomic E-state index is 13.7. The Hall–Kier alpha value is -2.14. The summed E-state index contributed by atoms with van der Waals surface area (Å²) < 4.78 is 38.3. The summed E-state index contributed by atoms with van der Waals surface area (Å²) in [6.45, 7) is 0.769. The Labute approximate surface area is 186 Å². The third-order valence-corrected chi connectivity index (χ3v) is 6.16. The molecule has 0 radical (unpaired) electrons. The van der Waals surface area contributed by atoms with Gasteiger partial charge in [0.2, 0.25) is 0 Å². The Balaban J connectivity index is 0.00000300. The second-order valence-electron chi connectivity index (χ2n) is 6.28. The van der Waals surface area contributed by atoms with Crippen LogP contribution in [0.1, 0.15) is 5.56 Å². The fraction of sp³-hybridized carbons (Fsp3) is 0.250. The van der Waals surface area contributed by atoms with Crippen molar-refractivity contribution in [3.63, 3.8) is 0 Å². The number of rotatable bonds is 7. The van der Waals surface area contributed by atoms with Gasteiger partial charge >= 0.3 is 0 Å². The second-order valence-corrected chi connectivity index (χ2v) is 8.36. The number of sulfone groups is 1. The van der Waals surface area contributed by atoms with E-state index >= 15 is 0 Å². The molecule has 1 aromatic heterocycles. The zero-order chi connectivity index (χ0) is 20.0. The summed E-state index contributed by atoms with van der Waals surface area (Å²) in [7, 11) is -2.08. The minimum atomic E-state index is -3.70. The van der Waals surface area contributed by atoms with Gasteiger partial charge in [-0.15, -0.1) is 24.0 Å². The van der Waals surface area contributed by atoms with Crippen LogP contribution in [0.2, 0.25) is 0 Å². The summed E-state index contributed by atoms with van der Waals surface area (Å²) in [4.78, 5) is 7.06. The number of aromatic amines is 1. The highest BCUT2D eigenvalue weighted by Gasteiger charge is 2.18. The maximum Gasteiger partial charge on any atom is 0.191 e. The molecule has 0 fully saturated rings. The minimum Gasteiger partial charge on any atom is -0.361 e. The fourth-order valence-electron chi connectivity index (χ4n) is 2.99. The number of aromatic nitrogens is 1. The van der Waals surface area contributed by atoms with E-state index in [-0.39, 0.29) is 41.2 Å². The standard InChI is InChI=1S/C20H23FN4O2S.HI/c1-22-20(23-11-10-15-14-25-18-8-4-2-6-16(15)18)24-12-13-28(26,27)19-9-5-3-7-17(19)21;/h2-9,14,25H,10-13H2,1H3,(H2,22,23,24);1H. The Bertz CT molecular complexity index is 1080. The van der Waals surface area contributed by atoms with Crippen LogP contribution in [0.3, 0.4) is 0 Å². The van der Waals surface area contributed by atoms with Crippen LogP contribution < -0.4 is 10.6 Å². The number of nitrogens with zero attached hydrogens (tertiary/aromatic N) is 1. The molecule has 0 aliphatic rings. The summed E-state index contributed by atoms with van der Waals surface area (Å²) in [6, 6.07) is 13.5. The van der Waals surface area contributed by atoms with Gasteiger partial charge in [-0.3, -0.25) is 4.99 Å². The number of hydrogen-bond donors (Lipinski definition) is 3. The number of para-hydroxylation sites is 1. The molecule has 0 aliphatic heterocycles. The molecular formula is C20H24FIN4O2S. The van der Waals surface area contributed by atoms with Crippen molar-refractivity contribution < 1.29 is 12.8 Å². The summed E-state index contributed by atoms with van der Waals surface area (Å²) in [5.74, 6) is -0.454. The van der Waals surface area contributed by atoms with E-state index < -0.39 is 15.7 Å². The zero-order valence-electron chi connectivity index (χ0n) is 16.0. The fourth-order valence-corrected chi connectivity index (χ4v) is 4.23. The summed E-state index contributed by atoms with van der Waals surface area (Å²) >= 11 is 0. The number of halogens is 2. The first-order chi connectivity index (χ1) is 13.5. The quantitative estimate of drug-likeness (QED) is 0.249. The molecule has 0 amide bonds. The van der Waals surface area contributed by atoms with Crippen LogP contribution in [0.4, 0.5) is 4.39 Å². The van der Waals surface area contributed by atoms with Crippen molar-refractivity contribution >= 4 is 50.7 Å². The summed E-state index contributed by atoms with van der Waals surface area (Å²) in [5.41, 5.74) is 2.29. The molecule has 2 aromatic carbocycles. The van der Waals surface area contributed by atoms with Gasteiger partial charge in [-0.05, 0) is 30.2 Å². The van der Waals surface area contributed by atoms with E-state index in [1.807, 2.05) is 24.4 Å². The van der Waals surface area contributed by atoms with Crippen molar-refractivity contribution in [2.24, 2.45) is 4.99 Å². The molecule has 156 valence electrons. The lowest BCUT2D eigenvalue weighted by atomic mass is 10.1. The van der Waals surface area contributed by atoms with Gasteiger partial charge in [0, 0.05) is 37.2 Å². The molecule has 9 heteroatoms. The molecule has 1 heterocycles. The lowest BCUT2D eigenvalue weighted by Gasteiger charge is -2.12. The predicted octanol–water partition coefficient (Wildman–Crippen LogP) is 3.11. The molecule has 0 unspecified atom stereocenters. The van der Waals surface area contributed by atoms with Crippen LogP contribution in [0.15, 0.2) is 64.6 Å². The van der Waals surface area contributed by atoms with E-state index in [0.717, 1.165) is 18.0 Å². The second kappa shape index (κ2) is 10.6. The van der Waals surface area contributed by atoms with Crippen LogP contribution in [0, 0.1) is 5.82 Å². The van der Waals surface area contributed by atoms with Gasteiger partial charge in [0.15, 0.2) is 15.8 Å².